The number of nitrogens with zero attached hydrogens (tertiary/aromatic N) is 3. The standard InChI is InChI=1S/C25H32ClN5O3/c26-18-10-8-16(9-11-18)24-29-30-25(34-24)17-12-14-31(15-13-17)22(32)7-3-6-21-27-20-5-2-1-4-19(20)23(33)28-21/h8-11,17,19-21,27H,1-7,12-15H2,(H,28,33). The molecule has 3 heterocycles. The van der Waals surface area contributed by atoms with Gasteiger partial charge in [0.1, 0.15) is 0 Å². The van der Waals surface area contributed by atoms with Gasteiger partial charge in [0.05, 0.1) is 12.1 Å². The molecule has 1 saturated carbocycles. The second-order valence-corrected chi connectivity index (χ2v) is 10.2. The Morgan fingerprint density at radius 1 is 1.09 bits per heavy atom. The van der Waals surface area contributed by atoms with Crippen LogP contribution >= 0.6 is 11.6 Å². The summed E-state index contributed by atoms with van der Waals surface area (Å²) in [6.45, 7) is 1.40. The molecule has 3 atom stereocenters. The number of carbonyl (C=O) groups is 2. The molecule has 1 aromatic carbocycles. The maximum absolute atomic E-state index is 12.7. The molecule has 3 unspecified atom stereocenters. The predicted molar refractivity (Wildman–Crippen MR) is 128 cm³/mol. The molecule has 0 radical (unpaired) electrons. The zero-order valence-electron chi connectivity index (χ0n) is 19.3. The van der Waals surface area contributed by atoms with E-state index in [-0.39, 0.29) is 29.8 Å². The van der Waals surface area contributed by atoms with E-state index in [1.54, 1.807) is 12.1 Å². The van der Waals surface area contributed by atoms with Crippen LogP contribution in [0.25, 0.3) is 11.5 Å². The second kappa shape index (κ2) is 10.4. The van der Waals surface area contributed by atoms with E-state index in [4.69, 9.17) is 16.0 Å². The Hall–Kier alpha value is -2.45. The van der Waals surface area contributed by atoms with Gasteiger partial charge < -0.3 is 14.6 Å². The fourth-order valence-corrected chi connectivity index (χ4v) is 5.60. The highest BCUT2D eigenvalue weighted by atomic mass is 35.5. The summed E-state index contributed by atoms with van der Waals surface area (Å²) >= 11 is 5.95. The third-order valence-corrected chi connectivity index (χ3v) is 7.70. The lowest BCUT2D eigenvalue weighted by atomic mass is 9.82. The van der Waals surface area contributed by atoms with Crippen LogP contribution < -0.4 is 10.6 Å². The van der Waals surface area contributed by atoms with Gasteiger partial charge in [-0.2, -0.15) is 0 Å². The predicted octanol–water partition coefficient (Wildman–Crippen LogP) is 3.87. The molecule has 0 spiro atoms. The minimum Gasteiger partial charge on any atom is -0.420 e. The molecule has 2 amide bonds. The molecule has 2 aliphatic heterocycles. The Labute approximate surface area is 204 Å². The van der Waals surface area contributed by atoms with Crippen molar-refractivity contribution in [2.24, 2.45) is 5.92 Å². The first-order valence-electron chi connectivity index (χ1n) is 12.5. The van der Waals surface area contributed by atoms with Gasteiger partial charge in [-0.15, -0.1) is 10.2 Å². The van der Waals surface area contributed by atoms with Gasteiger partial charge in [-0.1, -0.05) is 24.4 Å². The summed E-state index contributed by atoms with van der Waals surface area (Å²) in [5.41, 5.74) is 0.846. The Morgan fingerprint density at radius 2 is 1.85 bits per heavy atom. The van der Waals surface area contributed by atoms with Gasteiger partial charge in [0.2, 0.25) is 23.6 Å². The van der Waals surface area contributed by atoms with Gasteiger partial charge in [0.25, 0.3) is 0 Å². The first-order valence-corrected chi connectivity index (χ1v) is 12.9. The number of aromatic nitrogens is 2. The summed E-state index contributed by atoms with van der Waals surface area (Å²) in [5, 5.41) is 15.8. The molecule has 3 fully saturated rings. The summed E-state index contributed by atoms with van der Waals surface area (Å²) < 4.78 is 5.91. The fourth-order valence-electron chi connectivity index (χ4n) is 5.48. The van der Waals surface area contributed by atoms with Crippen molar-refractivity contribution in [2.75, 3.05) is 13.1 Å². The van der Waals surface area contributed by atoms with Gasteiger partial charge in [-0.3, -0.25) is 14.9 Å². The number of rotatable bonds is 6. The highest BCUT2D eigenvalue weighted by Crippen LogP contribution is 2.30. The van der Waals surface area contributed by atoms with E-state index in [0.29, 0.717) is 42.4 Å². The number of carbonyl (C=O) groups excluding carboxylic acids is 2. The summed E-state index contributed by atoms with van der Waals surface area (Å²) in [6, 6.07) is 7.63. The zero-order valence-corrected chi connectivity index (χ0v) is 20.1. The molecule has 2 N–H and O–H groups in total. The van der Waals surface area contributed by atoms with E-state index in [9.17, 15) is 9.59 Å². The average molecular weight is 486 g/mol. The number of hydrogen-bond acceptors (Lipinski definition) is 6. The lowest BCUT2D eigenvalue weighted by Crippen LogP contribution is -2.62. The number of nitrogens with one attached hydrogen (secondary N) is 2. The number of hydrogen-bond donors (Lipinski definition) is 2. The Balaban J connectivity index is 1.05. The van der Waals surface area contributed by atoms with Gasteiger partial charge >= 0.3 is 0 Å². The minimum atomic E-state index is -0.0160. The van der Waals surface area contributed by atoms with Crippen molar-refractivity contribution in [2.45, 2.75) is 75.9 Å². The molecule has 2 aromatic rings. The molecule has 8 nitrogen and oxygen atoms in total. The summed E-state index contributed by atoms with van der Waals surface area (Å²) in [7, 11) is 0. The van der Waals surface area contributed by atoms with Crippen LogP contribution in [0, 0.1) is 5.92 Å². The van der Waals surface area contributed by atoms with E-state index >= 15 is 0 Å². The maximum Gasteiger partial charge on any atom is 0.247 e. The van der Waals surface area contributed by atoms with Crippen LogP contribution in [0.1, 0.15) is 69.6 Å². The van der Waals surface area contributed by atoms with Crippen molar-refractivity contribution in [1.82, 2.24) is 25.7 Å². The van der Waals surface area contributed by atoms with Crippen molar-refractivity contribution in [1.29, 1.82) is 0 Å². The van der Waals surface area contributed by atoms with Gasteiger partial charge in [-0.05, 0) is 62.8 Å². The van der Waals surface area contributed by atoms with Crippen molar-refractivity contribution in [3.63, 3.8) is 0 Å². The molecular formula is C25H32ClN5O3. The smallest absolute Gasteiger partial charge is 0.247 e. The van der Waals surface area contributed by atoms with Crippen LogP contribution in [0.4, 0.5) is 0 Å². The molecular weight excluding hydrogens is 454 g/mol. The molecule has 34 heavy (non-hydrogen) atoms. The number of halogens is 1. The molecule has 9 heteroatoms. The van der Waals surface area contributed by atoms with Crippen LogP contribution in [-0.2, 0) is 9.59 Å². The SMILES string of the molecule is O=C1NC(CCCC(=O)N2CCC(c3nnc(-c4ccc(Cl)cc4)o3)CC2)NC2CCCCC12. The van der Waals surface area contributed by atoms with Crippen LogP contribution in [0.15, 0.2) is 28.7 Å². The highest BCUT2D eigenvalue weighted by molar-refractivity contribution is 6.30. The van der Waals surface area contributed by atoms with Gasteiger partial charge in [0, 0.05) is 42.1 Å². The number of amides is 2. The van der Waals surface area contributed by atoms with Gasteiger partial charge in [-0.25, -0.2) is 0 Å². The molecule has 5 rings (SSSR count). The van der Waals surface area contributed by atoms with Crippen LogP contribution in [0.3, 0.4) is 0 Å². The van der Waals surface area contributed by atoms with E-state index in [0.717, 1.165) is 50.5 Å². The van der Waals surface area contributed by atoms with Crippen LogP contribution in [0.5, 0.6) is 0 Å². The summed E-state index contributed by atoms with van der Waals surface area (Å²) in [5.74, 6) is 1.78. The zero-order chi connectivity index (χ0) is 23.5. The normalized spacial score (nSPS) is 25.6. The third kappa shape index (κ3) is 5.28. The fraction of sp³-hybridized carbons (Fsp3) is 0.600. The van der Waals surface area contributed by atoms with Crippen molar-refractivity contribution < 1.29 is 14.0 Å². The third-order valence-electron chi connectivity index (χ3n) is 7.45. The summed E-state index contributed by atoms with van der Waals surface area (Å²) in [4.78, 5) is 27.1. The highest BCUT2D eigenvalue weighted by Gasteiger charge is 2.37. The number of likely N-dealkylation sites (tertiary alicyclic amines) is 1. The minimum absolute atomic E-state index is 0.0160. The Bertz CT molecular complexity index is 1000. The molecule has 3 aliphatic rings. The maximum atomic E-state index is 12.7. The lowest BCUT2D eigenvalue weighted by molar-refractivity contribution is -0.132. The van der Waals surface area contributed by atoms with Crippen LogP contribution in [-0.4, -0.2) is 52.2 Å². The van der Waals surface area contributed by atoms with E-state index in [1.165, 1.54) is 6.42 Å². The molecule has 2 saturated heterocycles. The van der Waals surface area contributed by atoms with Crippen molar-refractivity contribution in [3.05, 3.63) is 35.2 Å². The van der Waals surface area contributed by atoms with E-state index in [1.807, 2.05) is 17.0 Å². The number of piperidine rings is 1. The van der Waals surface area contributed by atoms with E-state index < -0.39 is 0 Å². The molecule has 0 bridgehead atoms. The van der Waals surface area contributed by atoms with Crippen molar-refractivity contribution >= 4 is 23.4 Å². The average Bonchev–Trinajstić information content (AvgIpc) is 3.35. The lowest BCUT2D eigenvalue weighted by Gasteiger charge is -2.40. The molecule has 182 valence electrons. The second-order valence-electron chi connectivity index (χ2n) is 9.72. The molecule has 1 aliphatic carbocycles. The Kier molecular flexibility index (Phi) is 7.15. The quantitative estimate of drug-likeness (QED) is 0.644. The van der Waals surface area contributed by atoms with Gasteiger partial charge in [0.15, 0.2) is 0 Å². The monoisotopic (exact) mass is 485 g/mol. The number of fused-ring (bicyclic) bond motifs is 1. The first-order chi connectivity index (χ1) is 16.6. The first kappa shape index (κ1) is 23.3. The largest absolute Gasteiger partial charge is 0.420 e. The van der Waals surface area contributed by atoms with Crippen molar-refractivity contribution in [3.8, 4) is 11.5 Å². The van der Waals surface area contributed by atoms with Crippen LogP contribution in [0.2, 0.25) is 5.02 Å². The summed E-state index contributed by atoms with van der Waals surface area (Å²) in [6.07, 6.45) is 8.06. The number of benzene rings is 1. The molecule has 1 aromatic heterocycles. The topological polar surface area (TPSA) is 100 Å². The Morgan fingerprint density at radius 3 is 2.65 bits per heavy atom. The van der Waals surface area contributed by atoms with E-state index in [2.05, 4.69) is 20.8 Å².